The highest BCUT2D eigenvalue weighted by Gasteiger charge is 2.32. The first-order chi connectivity index (χ1) is 11.2. The Bertz CT molecular complexity index is 661. The molecule has 134 valence electrons. The third kappa shape index (κ3) is 4.34. The number of piperidine rings is 1. The van der Waals surface area contributed by atoms with Crippen LogP contribution in [0.1, 0.15) is 38.2 Å². The number of nitrogens with zero attached hydrogens (tertiary/aromatic N) is 2. The number of anilines is 1. The number of nitrogens with one attached hydrogen (secondary N) is 1. The molecule has 1 aliphatic heterocycles. The first-order valence-electron chi connectivity index (χ1n) is 8.30. The molecule has 1 heterocycles. The summed E-state index contributed by atoms with van der Waals surface area (Å²) in [6, 6.07) is 7.87. The van der Waals surface area contributed by atoms with Crippen molar-refractivity contribution in [2.45, 2.75) is 32.6 Å². The summed E-state index contributed by atoms with van der Waals surface area (Å²) < 4.78 is 26.8. The predicted octanol–water partition coefficient (Wildman–Crippen LogP) is 2.27. The smallest absolute Gasteiger partial charge is 0.281 e. The van der Waals surface area contributed by atoms with E-state index >= 15 is 0 Å². The van der Waals surface area contributed by atoms with Crippen LogP contribution in [0.3, 0.4) is 0 Å². The van der Waals surface area contributed by atoms with Crippen molar-refractivity contribution >= 4 is 21.8 Å². The number of benzene rings is 1. The van der Waals surface area contributed by atoms with Gasteiger partial charge in [0, 0.05) is 38.8 Å². The molecule has 24 heavy (non-hydrogen) atoms. The lowest BCUT2D eigenvalue weighted by Crippen LogP contribution is -2.46. The van der Waals surface area contributed by atoms with Crippen LogP contribution in [0.2, 0.25) is 0 Å². The zero-order valence-electron chi connectivity index (χ0n) is 14.8. The molecule has 1 aromatic carbocycles. The van der Waals surface area contributed by atoms with Gasteiger partial charge in [0.1, 0.15) is 0 Å². The normalized spacial score (nSPS) is 17.4. The van der Waals surface area contributed by atoms with Crippen LogP contribution < -0.4 is 5.32 Å². The van der Waals surface area contributed by atoms with E-state index in [4.69, 9.17) is 0 Å². The van der Waals surface area contributed by atoms with Crippen LogP contribution in [0.25, 0.3) is 0 Å². The van der Waals surface area contributed by atoms with Crippen molar-refractivity contribution in [3.8, 4) is 0 Å². The summed E-state index contributed by atoms with van der Waals surface area (Å²) in [5, 5.41) is 2.94. The molecule has 1 amide bonds. The van der Waals surface area contributed by atoms with Crippen LogP contribution in [0.15, 0.2) is 24.3 Å². The Morgan fingerprint density at radius 1 is 1.17 bits per heavy atom. The minimum atomic E-state index is -3.39. The number of hydrogen-bond acceptors (Lipinski definition) is 3. The molecule has 1 N–H and O–H groups in total. The van der Waals surface area contributed by atoms with Crippen LogP contribution in [0.5, 0.6) is 0 Å². The van der Waals surface area contributed by atoms with E-state index in [0.717, 1.165) is 5.69 Å². The lowest BCUT2D eigenvalue weighted by Gasteiger charge is -2.32. The number of carbonyl (C=O) groups is 1. The van der Waals surface area contributed by atoms with E-state index < -0.39 is 10.2 Å². The molecule has 0 aromatic heterocycles. The predicted molar refractivity (Wildman–Crippen MR) is 96.1 cm³/mol. The topological polar surface area (TPSA) is 69.7 Å². The minimum absolute atomic E-state index is 0.0332. The van der Waals surface area contributed by atoms with E-state index in [1.807, 2.05) is 24.3 Å². The molecular weight excluding hydrogens is 326 g/mol. The van der Waals surface area contributed by atoms with Gasteiger partial charge in [0.25, 0.3) is 10.2 Å². The van der Waals surface area contributed by atoms with E-state index in [1.54, 1.807) is 0 Å². The van der Waals surface area contributed by atoms with E-state index in [0.29, 0.717) is 31.8 Å². The lowest BCUT2D eigenvalue weighted by atomic mass is 9.97. The summed E-state index contributed by atoms with van der Waals surface area (Å²) in [6.45, 7) is 5.02. The Balaban J connectivity index is 1.91. The largest absolute Gasteiger partial charge is 0.326 e. The summed E-state index contributed by atoms with van der Waals surface area (Å²) in [7, 11) is -0.340. The third-order valence-electron chi connectivity index (χ3n) is 4.46. The molecule has 1 aromatic rings. The average Bonchev–Trinajstić information content (AvgIpc) is 2.55. The van der Waals surface area contributed by atoms with Crippen molar-refractivity contribution in [1.29, 1.82) is 0 Å². The van der Waals surface area contributed by atoms with Gasteiger partial charge in [0.15, 0.2) is 0 Å². The first-order valence-corrected chi connectivity index (χ1v) is 9.70. The molecule has 0 spiro atoms. The van der Waals surface area contributed by atoms with E-state index in [9.17, 15) is 13.2 Å². The monoisotopic (exact) mass is 353 g/mol. The SMILES string of the molecule is CC(C)c1ccc(NC(=O)C2CCN(S(=O)(=O)N(C)C)CC2)cc1. The van der Waals surface area contributed by atoms with E-state index in [2.05, 4.69) is 19.2 Å². The zero-order chi connectivity index (χ0) is 17.9. The van der Waals surface area contributed by atoms with Gasteiger partial charge >= 0.3 is 0 Å². The van der Waals surface area contributed by atoms with Gasteiger partial charge in [-0.15, -0.1) is 0 Å². The fraction of sp³-hybridized carbons (Fsp3) is 0.588. The third-order valence-corrected chi connectivity index (χ3v) is 6.40. The molecule has 6 nitrogen and oxygen atoms in total. The number of amides is 1. The Labute approximate surface area is 145 Å². The zero-order valence-corrected chi connectivity index (χ0v) is 15.6. The van der Waals surface area contributed by atoms with Gasteiger partial charge in [0.2, 0.25) is 5.91 Å². The van der Waals surface area contributed by atoms with Crippen LogP contribution in [-0.2, 0) is 15.0 Å². The summed E-state index contributed by atoms with van der Waals surface area (Å²) in [4.78, 5) is 12.4. The fourth-order valence-electron chi connectivity index (χ4n) is 2.78. The van der Waals surface area contributed by atoms with Crippen LogP contribution in [-0.4, -0.2) is 50.1 Å². The van der Waals surface area contributed by atoms with Crippen molar-refractivity contribution in [3.63, 3.8) is 0 Å². The van der Waals surface area contributed by atoms with Crippen molar-refractivity contribution < 1.29 is 13.2 Å². The molecule has 0 radical (unpaired) electrons. The maximum atomic E-state index is 12.4. The molecule has 0 aliphatic carbocycles. The van der Waals surface area contributed by atoms with Crippen molar-refractivity contribution in [2.75, 3.05) is 32.5 Å². The first kappa shape index (κ1) is 18.9. The molecule has 1 saturated heterocycles. The highest BCUT2D eigenvalue weighted by molar-refractivity contribution is 7.86. The lowest BCUT2D eigenvalue weighted by molar-refractivity contribution is -0.120. The highest BCUT2D eigenvalue weighted by Crippen LogP contribution is 2.23. The Kier molecular flexibility index (Phi) is 6.01. The maximum Gasteiger partial charge on any atom is 0.281 e. The summed E-state index contributed by atoms with van der Waals surface area (Å²) in [6.07, 6.45) is 1.09. The number of hydrogen-bond donors (Lipinski definition) is 1. The second-order valence-corrected chi connectivity index (χ2v) is 8.87. The van der Waals surface area contributed by atoms with Gasteiger partial charge < -0.3 is 5.32 Å². The van der Waals surface area contributed by atoms with Gasteiger partial charge in [-0.3, -0.25) is 4.79 Å². The Morgan fingerprint density at radius 3 is 2.17 bits per heavy atom. The molecule has 1 aliphatic rings. The van der Waals surface area contributed by atoms with Gasteiger partial charge in [-0.2, -0.15) is 17.0 Å². The molecule has 0 atom stereocenters. The van der Waals surface area contributed by atoms with E-state index in [-0.39, 0.29) is 11.8 Å². The quantitative estimate of drug-likeness (QED) is 0.883. The molecule has 0 saturated carbocycles. The number of carbonyl (C=O) groups excluding carboxylic acids is 1. The summed E-state index contributed by atoms with van der Waals surface area (Å²) in [5.41, 5.74) is 2.02. The summed E-state index contributed by atoms with van der Waals surface area (Å²) in [5.74, 6) is 0.273. The minimum Gasteiger partial charge on any atom is -0.326 e. The van der Waals surface area contributed by atoms with E-state index in [1.165, 1.54) is 28.3 Å². The standard InChI is InChI=1S/C17H27N3O3S/c1-13(2)14-5-7-16(8-6-14)18-17(21)15-9-11-20(12-10-15)24(22,23)19(3)4/h5-8,13,15H,9-12H2,1-4H3,(H,18,21). The van der Waals surface area contributed by atoms with Crippen LogP contribution in [0, 0.1) is 5.92 Å². The Hall–Kier alpha value is -1.44. The van der Waals surface area contributed by atoms with Gasteiger partial charge in [-0.25, -0.2) is 0 Å². The second kappa shape index (κ2) is 7.63. The van der Waals surface area contributed by atoms with Crippen LogP contribution >= 0.6 is 0 Å². The molecular formula is C17H27N3O3S. The van der Waals surface area contributed by atoms with Gasteiger partial charge in [-0.05, 0) is 36.5 Å². The maximum absolute atomic E-state index is 12.4. The van der Waals surface area contributed by atoms with Crippen molar-refractivity contribution in [2.24, 2.45) is 5.92 Å². The molecule has 0 unspecified atom stereocenters. The van der Waals surface area contributed by atoms with Gasteiger partial charge in [-0.1, -0.05) is 26.0 Å². The molecule has 0 bridgehead atoms. The van der Waals surface area contributed by atoms with Crippen molar-refractivity contribution in [1.82, 2.24) is 8.61 Å². The highest BCUT2D eigenvalue weighted by atomic mass is 32.2. The van der Waals surface area contributed by atoms with Crippen LogP contribution in [0.4, 0.5) is 5.69 Å². The molecule has 2 rings (SSSR count). The summed E-state index contributed by atoms with van der Waals surface area (Å²) >= 11 is 0. The van der Waals surface area contributed by atoms with Crippen molar-refractivity contribution in [3.05, 3.63) is 29.8 Å². The second-order valence-electron chi connectivity index (χ2n) is 6.73. The number of rotatable bonds is 5. The molecule has 1 fully saturated rings. The fourth-order valence-corrected chi connectivity index (χ4v) is 3.91. The Morgan fingerprint density at radius 2 is 1.71 bits per heavy atom. The van der Waals surface area contributed by atoms with Gasteiger partial charge in [0.05, 0.1) is 0 Å². The molecule has 7 heteroatoms. The average molecular weight is 353 g/mol.